The minimum atomic E-state index is -0.371. The molecule has 2 rings (SSSR count). The molecule has 4 heteroatoms. The van der Waals surface area contributed by atoms with E-state index in [-0.39, 0.29) is 11.5 Å². The summed E-state index contributed by atoms with van der Waals surface area (Å²) in [6.45, 7) is 1.63. The molecule has 1 aliphatic heterocycles. The lowest BCUT2D eigenvalue weighted by molar-refractivity contribution is 0.0134. The normalized spacial score (nSPS) is 20.2. The molecular formula is C13H19FN2O. The number of nitrogen functional groups attached to an aromatic ring is 1. The number of anilines is 2. The van der Waals surface area contributed by atoms with Crippen molar-refractivity contribution in [3.05, 3.63) is 24.0 Å². The second-order valence-corrected chi connectivity index (χ2v) is 4.41. The maximum absolute atomic E-state index is 13.2. The molecule has 1 aliphatic rings. The number of rotatable bonds is 4. The SMILES string of the molecule is Nc1c(F)cccc1NCCC1CCCCO1. The first-order chi connectivity index (χ1) is 8.27. The number of benzene rings is 1. The smallest absolute Gasteiger partial charge is 0.148 e. The summed E-state index contributed by atoms with van der Waals surface area (Å²) in [7, 11) is 0. The Morgan fingerprint density at radius 2 is 2.29 bits per heavy atom. The van der Waals surface area contributed by atoms with Gasteiger partial charge in [-0.15, -0.1) is 0 Å². The average Bonchev–Trinajstić information content (AvgIpc) is 2.36. The number of hydrogen-bond acceptors (Lipinski definition) is 3. The van der Waals surface area contributed by atoms with Crippen molar-refractivity contribution < 1.29 is 9.13 Å². The molecule has 0 aromatic heterocycles. The van der Waals surface area contributed by atoms with E-state index in [1.165, 1.54) is 18.9 Å². The summed E-state index contributed by atoms with van der Waals surface area (Å²) in [5.74, 6) is -0.371. The van der Waals surface area contributed by atoms with Crippen LogP contribution < -0.4 is 11.1 Å². The summed E-state index contributed by atoms with van der Waals surface area (Å²) in [6, 6.07) is 4.82. The maximum Gasteiger partial charge on any atom is 0.148 e. The summed E-state index contributed by atoms with van der Waals surface area (Å²) in [5.41, 5.74) is 6.49. The molecule has 0 saturated carbocycles. The number of hydrogen-bond donors (Lipinski definition) is 2. The first-order valence-corrected chi connectivity index (χ1v) is 6.17. The molecule has 1 aromatic rings. The van der Waals surface area contributed by atoms with Crippen molar-refractivity contribution in [1.29, 1.82) is 0 Å². The number of para-hydroxylation sites is 1. The third kappa shape index (κ3) is 3.33. The summed E-state index contributed by atoms with van der Waals surface area (Å²) in [4.78, 5) is 0. The lowest BCUT2D eigenvalue weighted by Gasteiger charge is -2.22. The number of nitrogens with one attached hydrogen (secondary N) is 1. The van der Waals surface area contributed by atoms with E-state index < -0.39 is 0 Å². The summed E-state index contributed by atoms with van der Waals surface area (Å²) >= 11 is 0. The van der Waals surface area contributed by atoms with Gasteiger partial charge < -0.3 is 15.8 Å². The fourth-order valence-corrected chi connectivity index (χ4v) is 2.09. The van der Waals surface area contributed by atoms with Gasteiger partial charge in [-0.25, -0.2) is 4.39 Å². The van der Waals surface area contributed by atoms with Crippen LogP contribution in [0.3, 0.4) is 0 Å². The van der Waals surface area contributed by atoms with Crippen LogP contribution in [-0.2, 0) is 4.74 Å². The second-order valence-electron chi connectivity index (χ2n) is 4.41. The Labute approximate surface area is 101 Å². The van der Waals surface area contributed by atoms with E-state index in [0.29, 0.717) is 11.8 Å². The highest BCUT2D eigenvalue weighted by Crippen LogP contribution is 2.22. The molecule has 3 nitrogen and oxygen atoms in total. The molecule has 17 heavy (non-hydrogen) atoms. The molecule has 0 radical (unpaired) electrons. The van der Waals surface area contributed by atoms with E-state index in [2.05, 4.69) is 5.32 Å². The average molecular weight is 238 g/mol. The molecular weight excluding hydrogens is 219 g/mol. The molecule has 1 unspecified atom stereocenters. The lowest BCUT2D eigenvalue weighted by Crippen LogP contribution is -2.22. The van der Waals surface area contributed by atoms with Crippen LogP contribution in [-0.4, -0.2) is 19.3 Å². The number of ether oxygens (including phenoxy) is 1. The van der Waals surface area contributed by atoms with Crippen LogP contribution in [0.2, 0.25) is 0 Å². The molecule has 0 bridgehead atoms. The van der Waals surface area contributed by atoms with E-state index in [4.69, 9.17) is 10.5 Å². The van der Waals surface area contributed by atoms with Gasteiger partial charge in [0.2, 0.25) is 0 Å². The maximum atomic E-state index is 13.2. The van der Waals surface area contributed by atoms with Gasteiger partial charge in [-0.3, -0.25) is 0 Å². The highest BCUT2D eigenvalue weighted by atomic mass is 19.1. The van der Waals surface area contributed by atoms with Crippen molar-refractivity contribution >= 4 is 11.4 Å². The van der Waals surface area contributed by atoms with Gasteiger partial charge in [-0.05, 0) is 37.8 Å². The molecule has 1 heterocycles. The third-order valence-electron chi connectivity index (χ3n) is 3.11. The highest BCUT2D eigenvalue weighted by molar-refractivity contribution is 5.66. The standard InChI is InChI=1S/C13H19FN2O/c14-11-5-3-6-12(13(11)15)16-8-7-10-4-1-2-9-17-10/h3,5-6,10,16H,1-2,4,7-9,15H2. The Kier molecular flexibility index (Phi) is 4.20. The van der Waals surface area contributed by atoms with Crippen LogP contribution in [0.15, 0.2) is 18.2 Å². The molecule has 0 spiro atoms. The fraction of sp³-hybridized carbons (Fsp3) is 0.538. The van der Waals surface area contributed by atoms with E-state index in [9.17, 15) is 4.39 Å². The van der Waals surface area contributed by atoms with Gasteiger partial charge in [0.15, 0.2) is 0 Å². The van der Waals surface area contributed by atoms with Gasteiger partial charge in [0, 0.05) is 13.2 Å². The van der Waals surface area contributed by atoms with Gasteiger partial charge in [0.05, 0.1) is 17.5 Å². The lowest BCUT2D eigenvalue weighted by atomic mass is 10.1. The third-order valence-corrected chi connectivity index (χ3v) is 3.11. The molecule has 94 valence electrons. The van der Waals surface area contributed by atoms with E-state index >= 15 is 0 Å². The molecule has 1 aromatic carbocycles. The molecule has 0 amide bonds. The van der Waals surface area contributed by atoms with Crippen LogP contribution in [0, 0.1) is 5.82 Å². The zero-order valence-electron chi connectivity index (χ0n) is 9.92. The van der Waals surface area contributed by atoms with Crippen molar-refractivity contribution in [2.45, 2.75) is 31.8 Å². The molecule has 3 N–H and O–H groups in total. The minimum Gasteiger partial charge on any atom is -0.395 e. The Morgan fingerprint density at radius 3 is 3.06 bits per heavy atom. The quantitative estimate of drug-likeness (QED) is 0.793. The number of nitrogens with two attached hydrogens (primary N) is 1. The van der Waals surface area contributed by atoms with Crippen molar-refractivity contribution in [2.24, 2.45) is 0 Å². The summed E-state index contributed by atoms with van der Waals surface area (Å²) in [6.07, 6.45) is 4.81. The van der Waals surface area contributed by atoms with Crippen LogP contribution in [0.5, 0.6) is 0 Å². The van der Waals surface area contributed by atoms with Gasteiger partial charge in [0.1, 0.15) is 5.82 Å². The van der Waals surface area contributed by atoms with Crippen LogP contribution in [0.1, 0.15) is 25.7 Å². The molecule has 0 aliphatic carbocycles. The summed E-state index contributed by atoms with van der Waals surface area (Å²) in [5, 5.41) is 3.16. The first-order valence-electron chi connectivity index (χ1n) is 6.17. The minimum absolute atomic E-state index is 0.192. The van der Waals surface area contributed by atoms with Crippen molar-refractivity contribution in [1.82, 2.24) is 0 Å². The molecule has 1 atom stereocenters. The van der Waals surface area contributed by atoms with Crippen molar-refractivity contribution in [3.8, 4) is 0 Å². The number of halogens is 1. The van der Waals surface area contributed by atoms with Gasteiger partial charge in [-0.1, -0.05) is 6.07 Å². The zero-order valence-corrected chi connectivity index (χ0v) is 9.92. The van der Waals surface area contributed by atoms with Crippen molar-refractivity contribution in [3.63, 3.8) is 0 Å². The second kappa shape index (κ2) is 5.87. The largest absolute Gasteiger partial charge is 0.395 e. The monoisotopic (exact) mass is 238 g/mol. The predicted octanol–water partition coefficient (Wildman–Crippen LogP) is 2.78. The Hall–Kier alpha value is -1.29. The van der Waals surface area contributed by atoms with E-state index in [0.717, 1.165) is 26.0 Å². The Morgan fingerprint density at radius 1 is 1.41 bits per heavy atom. The Bertz CT molecular complexity index is 364. The van der Waals surface area contributed by atoms with Crippen LogP contribution in [0.25, 0.3) is 0 Å². The zero-order chi connectivity index (χ0) is 12.1. The van der Waals surface area contributed by atoms with Gasteiger partial charge >= 0.3 is 0 Å². The van der Waals surface area contributed by atoms with Crippen molar-refractivity contribution in [2.75, 3.05) is 24.2 Å². The Balaban J connectivity index is 1.79. The van der Waals surface area contributed by atoms with Crippen LogP contribution in [0.4, 0.5) is 15.8 Å². The first kappa shape index (κ1) is 12.2. The topological polar surface area (TPSA) is 47.3 Å². The van der Waals surface area contributed by atoms with E-state index in [1.807, 2.05) is 0 Å². The molecule has 1 fully saturated rings. The summed E-state index contributed by atoms with van der Waals surface area (Å²) < 4.78 is 18.8. The predicted molar refractivity (Wildman–Crippen MR) is 67.5 cm³/mol. The van der Waals surface area contributed by atoms with Crippen LogP contribution >= 0.6 is 0 Å². The van der Waals surface area contributed by atoms with Gasteiger partial charge in [0.25, 0.3) is 0 Å². The molecule has 1 saturated heterocycles. The van der Waals surface area contributed by atoms with E-state index in [1.54, 1.807) is 12.1 Å². The van der Waals surface area contributed by atoms with Gasteiger partial charge in [-0.2, -0.15) is 0 Å². The fourth-order valence-electron chi connectivity index (χ4n) is 2.09. The highest BCUT2D eigenvalue weighted by Gasteiger charge is 2.13.